The van der Waals surface area contributed by atoms with Crippen molar-refractivity contribution in [1.82, 2.24) is 4.98 Å². The number of aromatic nitrogens is 2. The van der Waals surface area contributed by atoms with Crippen LogP contribution < -0.4 is 9.30 Å². The molecule has 1 heterocycles. The van der Waals surface area contributed by atoms with Crippen LogP contribution in [-0.2, 0) is 6.30 Å². The van der Waals surface area contributed by atoms with Gasteiger partial charge in [0.25, 0.3) is 6.33 Å². The number of hydrogen-bond donors (Lipinski definition) is 0. The van der Waals surface area contributed by atoms with E-state index in [0.717, 1.165) is 6.33 Å². The molecule has 21 heavy (non-hydrogen) atoms. The summed E-state index contributed by atoms with van der Waals surface area (Å²) >= 11 is 0. The first-order chi connectivity index (χ1) is 10.1. The van der Waals surface area contributed by atoms with E-state index in [9.17, 15) is 13.2 Å². The fraction of sp³-hybridized carbons (Fsp3) is 0.0667. The molecule has 0 bridgehead atoms. The number of fused-ring (bicyclic) bond motifs is 1. The van der Waals surface area contributed by atoms with Crippen molar-refractivity contribution in [2.75, 3.05) is 0 Å². The average Bonchev–Trinajstić information content (AvgIpc) is 2.47. The Morgan fingerprint density at radius 1 is 0.905 bits per heavy atom. The van der Waals surface area contributed by atoms with Gasteiger partial charge in [0.2, 0.25) is 0 Å². The molecule has 0 saturated carbocycles. The molecule has 0 aliphatic rings. The van der Waals surface area contributed by atoms with Gasteiger partial charge in [-0.2, -0.15) is 0 Å². The van der Waals surface area contributed by atoms with Gasteiger partial charge >= 0.3 is 12.2 Å². The number of benzene rings is 2. The van der Waals surface area contributed by atoms with Gasteiger partial charge in [-0.05, 0) is 29.2 Å². The van der Waals surface area contributed by atoms with Crippen molar-refractivity contribution < 1.29 is 22.5 Å². The molecular formula is C15H10F3N2O+. The van der Waals surface area contributed by atoms with Crippen LogP contribution in [0.2, 0.25) is 0 Å². The summed E-state index contributed by atoms with van der Waals surface area (Å²) in [5, 5.41) is 0.293. The highest BCUT2D eigenvalue weighted by atomic mass is 19.4. The summed E-state index contributed by atoms with van der Waals surface area (Å²) in [7, 11) is 0. The Morgan fingerprint density at radius 3 is 2.29 bits per heavy atom. The van der Waals surface area contributed by atoms with Crippen LogP contribution in [0.4, 0.5) is 13.2 Å². The van der Waals surface area contributed by atoms with Crippen molar-refractivity contribution >= 4 is 10.9 Å². The molecule has 106 valence electrons. The van der Waals surface area contributed by atoms with Gasteiger partial charge in [-0.25, -0.2) is 0 Å². The van der Waals surface area contributed by atoms with E-state index in [2.05, 4.69) is 4.98 Å². The highest BCUT2D eigenvalue weighted by Crippen LogP contribution is 2.27. The van der Waals surface area contributed by atoms with E-state index in [0.29, 0.717) is 11.1 Å². The lowest BCUT2D eigenvalue weighted by molar-refractivity contribution is -0.838. The fourth-order valence-corrected chi connectivity index (χ4v) is 1.99. The topological polar surface area (TPSA) is 26.0 Å². The molecule has 0 saturated heterocycles. The molecule has 2 aromatic carbocycles. The van der Waals surface area contributed by atoms with Gasteiger partial charge in [-0.3, -0.25) is 0 Å². The highest BCUT2D eigenvalue weighted by molar-refractivity contribution is 5.80. The first-order valence-electron chi connectivity index (χ1n) is 6.15. The second kappa shape index (κ2) is 5.05. The molecule has 0 spiro atoms. The van der Waals surface area contributed by atoms with Gasteiger partial charge in [0.15, 0.2) is 5.52 Å². The molecule has 3 nitrogen and oxygen atoms in total. The highest BCUT2D eigenvalue weighted by Gasteiger charge is 2.39. The van der Waals surface area contributed by atoms with E-state index in [1.165, 1.54) is 12.1 Å². The summed E-state index contributed by atoms with van der Waals surface area (Å²) in [5.74, 6) is 0.650. The third-order valence-electron chi connectivity index (χ3n) is 2.92. The lowest BCUT2D eigenvalue weighted by atomic mass is 10.2. The van der Waals surface area contributed by atoms with Crippen molar-refractivity contribution in [3.8, 4) is 11.6 Å². The van der Waals surface area contributed by atoms with Crippen LogP contribution in [0.25, 0.3) is 10.9 Å². The van der Waals surface area contributed by atoms with Gasteiger partial charge < -0.3 is 4.74 Å². The molecule has 0 radical (unpaired) electrons. The van der Waals surface area contributed by atoms with Gasteiger partial charge in [0.1, 0.15) is 11.1 Å². The quantitative estimate of drug-likeness (QED) is 0.671. The van der Waals surface area contributed by atoms with E-state index in [1.807, 2.05) is 6.07 Å². The standard InChI is InChI=1S/C15H10F3N2O/c16-15(17,18)20-10-19-14(12-8-4-5-9-13(12)20)21-11-6-2-1-3-7-11/h1-10H/q+1. The van der Waals surface area contributed by atoms with Crippen LogP contribution in [-0.4, -0.2) is 4.98 Å². The summed E-state index contributed by atoms with van der Waals surface area (Å²) in [6.07, 6.45) is -3.81. The summed E-state index contributed by atoms with van der Waals surface area (Å²) in [5.41, 5.74) is -0.00840. The molecule has 0 aliphatic carbocycles. The predicted octanol–water partition coefficient (Wildman–Crippen LogP) is 3.79. The lowest BCUT2D eigenvalue weighted by Gasteiger charge is -2.08. The molecule has 0 atom stereocenters. The van der Waals surface area contributed by atoms with E-state index >= 15 is 0 Å². The number of para-hydroxylation sites is 2. The molecule has 0 amide bonds. The first-order valence-corrected chi connectivity index (χ1v) is 6.15. The largest absolute Gasteiger partial charge is 0.567 e. The van der Waals surface area contributed by atoms with Crippen LogP contribution in [0, 0.1) is 0 Å². The third kappa shape index (κ3) is 2.65. The number of alkyl halides is 3. The second-order valence-corrected chi connectivity index (χ2v) is 4.32. The monoisotopic (exact) mass is 291 g/mol. The summed E-state index contributed by atoms with van der Waals surface area (Å²) in [4.78, 5) is 3.79. The van der Waals surface area contributed by atoms with Crippen LogP contribution >= 0.6 is 0 Å². The van der Waals surface area contributed by atoms with Crippen LogP contribution in [0.3, 0.4) is 0 Å². The molecule has 0 aliphatic heterocycles. The van der Waals surface area contributed by atoms with E-state index in [4.69, 9.17) is 4.74 Å². The summed E-state index contributed by atoms with van der Waals surface area (Å²) in [6.45, 7) is 0. The smallest absolute Gasteiger partial charge is 0.420 e. The lowest BCUT2D eigenvalue weighted by Crippen LogP contribution is -2.47. The van der Waals surface area contributed by atoms with E-state index in [1.54, 1.807) is 36.4 Å². The zero-order valence-electron chi connectivity index (χ0n) is 10.7. The third-order valence-corrected chi connectivity index (χ3v) is 2.92. The predicted molar refractivity (Wildman–Crippen MR) is 69.8 cm³/mol. The Hall–Kier alpha value is -2.63. The Balaban J connectivity index is 2.14. The Labute approximate surface area is 118 Å². The summed E-state index contributed by atoms with van der Waals surface area (Å²) in [6, 6.07) is 14.9. The van der Waals surface area contributed by atoms with Crippen molar-refractivity contribution in [3.05, 3.63) is 60.9 Å². The average molecular weight is 291 g/mol. The first kappa shape index (κ1) is 13.4. The molecule has 0 fully saturated rings. The normalized spacial score (nSPS) is 11.6. The summed E-state index contributed by atoms with van der Waals surface area (Å²) < 4.78 is 44.6. The van der Waals surface area contributed by atoms with E-state index < -0.39 is 6.30 Å². The van der Waals surface area contributed by atoms with Crippen molar-refractivity contribution in [1.29, 1.82) is 0 Å². The van der Waals surface area contributed by atoms with Gasteiger partial charge in [0, 0.05) is 0 Å². The van der Waals surface area contributed by atoms with Crippen LogP contribution in [0.15, 0.2) is 60.9 Å². The Bertz CT molecular complexity index is 773. The molecule has 3 aromatic rings. The molecule has 1 aromatic heterocycles. The van der Waals surface area contributed by atoms with Gasteiger partial charge in [-0.1, -0.05) is 30.3 Å². The molecular weight excluding hydrogens is 281 g/mol. The van der Waals surface area contributed by atoms with E-state index in [-0.39, 0.29) is 16.0 Å². The molecule has 6 heteroatoms. The van der Waals surface area contributed by atoms with Crippen molar-refractivity contribution in [2.45, 2.75) is 6.30 Å². The maximum absolute atomic E-state index is 13.0. The number of halogens is 3. The fourth-order valence-electron chi connectivity index (χ4n) is 1.99. The molecule has 3 rings (SSSR count). The van der Waals surface area contributed by atoms with Crippen LogP contribution in [0.1, 0.15) is 0 Å². The number of nitrogens with zero attached hydrogens (tertiary/aromatic N) is 2. The number of ether oxygens (including phenoxy) is 1. The Morgan fingerprint density at radius 2 is 1.57 bits per heavy atom. The zero-order valence-corrected chi connectivity index (χ0v) is 10.7. The minimum absolute atomic E-state index is 0.00840. The van der Waals surface area contributed by atoms with Gasteiger partial charge in [-0.15, -0.1) is 17.7 Å². The minimum Gasteiger partial charge on any atom is -0.420 e. The van der Waals surface area contributed by atoms with Gasteiger partial charge in [0.05, 0.1) is 0 Å². The number of rotatable bonds is 2. The second-order valence-electron chi connectivity index (χ2n) is 4.32. The Kier molecular flexibility index (Phi) is 3.21. The number of hydrogen-bond acceptors (Lipinski definition) is 2. The molecule has 0 unspecified atom stereocenters. The van der Waals surface area contributed by atoms with Crippen molar-refractivity contribution in [2.24, 2.45) is 0 Å². The maximum atomic E-state index is 13.0. The zero-order chi connectivity index (χ0) is 14.9. The molecule has 0 N–H and O–H groups in total. The SMILES string of the molecule is FC(F)(F)[n+]1cnc(Oc2ccccc2)c2ccccc21. The van der Waals surface area contributed by atoms with Crippen LogP contribution in [0.5, 0.6) is 11.6 Å². The maximum Gasteiger partial charge on any atom is 0.567 e. The minimum atomic E-state index is -4.53. The van der Waals surface area contributed by atoms with Crippen molar-refractivity contribution in [3.63, 3.8) is 0 Å².